The molecule has 0 radical (unpaired) electrons. The van der Waals surface area contributed by atoms with Gasteiger partial charge in [0.2, 0.25) is 0 Å². The van der Waals surface area contributed by atoms with Crippen LogP contribution >= 0.6 is 23.4 Å². The lowest BCUT2D eigenvalue weighted by atomic mass is 10.1. The highest BCUT2D eigenvalue weighted by molar-refractivity contribution is 8.18. The van der Waals surface area contributed by atoms with Crippen molar-refractivity contribution in [1.29, 1.82) is 0 Å². The summed E-state index contributed by atoms with van der Waals surface area (Å²) >= 11 is 7.58. The fourth-order valence-electron chi connectivity index (χ4n) is 4.12. The first kappa shape index (κ1) is 21.9. The summed E-state index contributed by atoms with van der Waals surface area (Å²) < 4.78 is 1.72. The van der Waals surface area contributed by atoms with Crippen LogP contribution in [-0.4, -0.2) is 62.9 Å². The maximum Gasteiger partial charge on any atom is 0.290 e. The van der Waals surface area contributed by atoms with Gasteiger partial charge in [-0.15, -0.1) is 0 Å². The van der Waals surface area contributed by atoms with Crippen molar-refractivity contribution < 1.29 is 9.59 Å². The molecule has 0 spiro atoms. The van der Waals surface area contributed by atoms with Crippen LogP contribution in [0.15, 0.2) is 41.4 Å². The number of thioether (sulfide) groups is 1. The number of halogens is 1. The maximum atomic E-state index is 11.9. The predicted molar refractivity (Wildman–Crippen MR) is 131 cm³/mol. The van der Waals surface area contributed by atoms with Crippen molar-refractivity contribution in [3.05, 3.63) is 52.2 Å². The van der Waals surface area contributed by atoms with Gasteiger partial charge in [-0.2, -0.15) is 5.10 Å². The van der Waals surface area contributed by atoms with Gasteiger partial charge < -0.3 is 4.90 Å². The number of fused-ring (bicyclic) bond motifs is 1. The number of hydrogen-bond donors (Lipinski definition) is 1. The van der Waals surface area contributed by atoms with Crippen LogP contribution in [0.2, 0.25) is 5.02 Å². The number of aromatic nitrogens is 3. The van der Waals surface area contributed by atoms with Gasteiger partial charge in [-0.25, -0.2) is 9.50 Å². The minimum atomic E-state index is -0.408. The number of piperazine rings is 1. The Hall–Kier alpha value is -2.88. The number of amides is 2. The van der Waals surface area contributed by atoms with Crippen LogP contribution in [0, 0.1) is 0 Å². The Kier molecular flexibility index (Phi) is 5.86. The predicted octanol–water partition coefficient (Wildman–Crippen LogP) is 3.90. The van der Waals surface area contributed by atoms with Crippen LogP contribution in [0.3, 0.4) is 0 Å². The molecule has 4 heterocycles. The summed E-state index contributed by atoms with van der Waals surface area (Å²) in [4.78, 5) is 32.8. The molecule has 8 nitrogen and oxygen atoms in total. The van der Waals surface area contributed by atoms with Gasteiger partial charge in [0.05, 0.1) is 33.2 Å². The highest BCUT2D eigenvalue weighted by atomic mass is 35.5. The average molecular weight is 483 g/mol. The Morgan fingerprint density at radius 2 is 1.91 bits per heavy atom. The van der Waals surface area contributed by atoms with Crippen molar-refractivity contribution >= 4 is 51.9 Å². The molecule has 2 saturated heterocycles. The van der Waals surface area contributed by atoms with Gasteiger partial charge in [-0.1, -0.05) is 17.7 Å². The van der Waals surface area contributed by atoms with Crippen molar-refractivity contribution in [2.75, 3.05) is 31.1 Å². The van der Waals surface area contributed by atoms with Crippen LogP contribution in [0.25, 0.3) is 23.0 Å². The number of carbonyl (C=O) groups excluding carboxylic acids is 2. The molecule has 0 aliphatic carbocycles. The molecule has 2 aliphatic rings. The lowest BCUT2D eigenvalue weighted by molar-refractivity contribution is -0.115. The summed E-state index contributed by atoms with van der Waals surface area (Å²) in [6.45, 7) is 8.38. The molecule has 2 aromatic heterocycles. The molecule has 0 bridgehead atoms. The Labute approximate surface area is 200 Å². The highest BCUT2D eigenvalue weighted by Crippen LogP contribution is 2.32. The Balaban J connectivity index is 1.42. The standard InChI is InChI=1S/C23H23ClN6O2S/c1-14(2)28-7-9-29(10-8-28)18-5-3-15(11-17(18)24)19-13-25-21-6-4-16(27-30(19)21)12-20-22(31)26-23(32)33-20/h3-6,11-14H,7-10H2,1-2H3,(H,26,31,32)/b20-12-. The van der Waals surface area contributed by atoms with Crippen molar-refractivity contribution in [1.82, 2.24) is 24.8 Å². The molecule has 2 fully saturated rings. The second-order valence-corrected chi connectivity index (χ2v) is 9.73. The molecule has 5 rings (SSSR count). The van der Waals surface area contributed by atoms with Crippen molar-refractivity contribution in [3.63, 3.8) is 0 Å². The van der Waals surface area contributed by atoms with Gasteiger partial charge in [0.25, 0.3) is 11.1 Å². The molecule has 0 unspecified atom stereocenters. The van der Waals surface area contributed by atoms with E-state index in [2.05, 4.69) is 45.1 Å². The van der Waals surface area contributed by atoms with E-state index in [-0.39, 0.29) is 5.24 Å². The van der Waals surface area contributed by atoms with Crippen molar-refractivity contribution in [2.45, 2.75) is 19.9 Å². The number of benzene rings is 1. The monoisotopic (exact) mass is 482 g/mol. The van der Waals surface area contributed by atoms with Gasteiger partial charge >= 0.3 is 0 Å². The van der Waals surface area contributed by atoms with E-state index >= 15 is 0 Å². The van der Waals surface area contributed by atoms with Crippen LogP contribution < -0.4 is 10.2 Å². The fourth-order valence-corrected chi connectivity index (χ4v) is 5.09. The summed E-state index contributed by atoms with van der Waals surface area (Å²) in [5, 5.41) is 7.18. The number of carbonyl (C=O) groups is 2. The van der Waals surface area contributed by atoms with E-state index in [1.807, 2.05) is 18.2 Å². The van der Waals surface area contributed by atoms with Gasteiger partial charge in [0.15, 0.2) is 5.65 Å². The first-order valence-electron chi connectivity index (χ1n) is 10.8. The van der Waals surface area contributed by atoms with E-state index in [0.717, 1.165) is 54.9 Å². The quantitative estimate of drug-likeness (QED) is 0.564. The van der Waals surface area contributed by atoms with Gasteiger partial charge in [0, 0.05) is 37.8 Å². The molecule has 2 amide bonds. The van der Waals surface area contributed by atoms with E-state index < -0.39 is 5.91 Å². The number of imide groups is 1. The zero-order valence-electron chi connectivity index (χ0n) is 18.3. The zero-order chi connectivity index (χ0) is 23.1. The lowest BCUT2D eigenvalue weighted by Gasteiger charge is -2.38. The van der Waals surface area contributed by atoms with Crippen LogP contribution in [0.5, 0.6) is 0 Å². The van der Waals surface area contributed by atoms with E-state index in [9.17, 15) is 9.59 Å². The lowest BCUT2D eigenvalue weighted by Crippen LogP contribution is -2.49. The first-order chi connectivity index (χ1) is 15.9. The van der Waals surface area contributed by atoms with Crippen LogP contribution in [0.4, 0.5) is 10.5 Å². The topological polar surface area (TPSA) is 82.8 Å². The number of hydrogen-bond acceptors (Lipinski definition) is 7. The largest absolute Gasteiger partial charge is 0.368 e. The van der Waals surface area contributed by atoms with Crippen molar-refractivity contribution in [3.8, 4) is 11.3 Å². The fraction of sp³-hybridized carbons (Fsp3) is 0.304. The third-order valence-electron chi connectivity index (χ3n) is 5.93. The summed E-state index contributed by atoms with van der Waals surface area (Å²) in [7, 11) is 0. The van der Waals surface area contributed by atoms with Gasteiger partial charge in [0.1, 0.15) is 0 Å². The summed E-state index contributed by atoms with van der Waals surface area (Å²) in [6.07, 6.45) is 3.35. The summed E-state index contributed by atoms with van der Waals surface area (Å²) in [5.74, 6) is -0.408. The van der Waals surface area contributed by atoms with Crippen molar-refractivity contribution in [2.24, 2.45) is 0 Å². The molecule has 1 aromatic carbocycles. The Bertz CT molecular complexity index is 1280. The zero-order valence-corrected chi connectivity index (χ0v) is 19.9. The molecule has 0 saturated carbocycles. The Morgan fingerprint density at radius 3 is 2.58 bits per heavy atom. The van der Waals surface area contributed by atoms with Crippen LogP contribution in [-0.2, 0) is 4.79 Å². The third-order valence-corrected chi connectivity index (χ3v) is 7.05. The first-order valence-corrected chi connectivity index (χ1v) is 12.0. The summed E-state index contributed by atoms with van der Waals surface area (Å²) in [5.41, 5.74) is 3.96. The second kappa shape index (κ2) is 8.81. The summed E-state index contributed by atoms with van der Waals surface area (Å²) in [6, 6.07) is 10.2. The van der Waals surface area contributed by atoms with E-state index in [4.69, 9.17) is 11.6 Å². The third kappa shape index (κ3) is 4.36. The number of imidazole rings is 1. The Morgan fingerprint density at radius 1 is 1.12 bits per heavy atom. The van der Waals surface area contributed by atoms with E-state index in [0.29, 0.717) is 27.3 Å². The normalized spacial score (nSPS) is 18.7. The number of rotatable bonds is 4. The minimum absolute atomic E-state index is 0.318. The number of nitrogens with zero attached hydrogens (tertiary/aromatic N) is 5. The van der Waals surface area contributed by atoms with Gasteiger partial charge in [-0.05, 0) is 56.0 Å². The minimum Gasteiger partial charge on any atom is -0.368 e. The molecular weight excluding hydrogens is 460 g/mol. The molecule has 0 atom stereocenters. The SMILES string of the molecule is CC(C)N1CCN(c2ccc(-c3cnc4ccc(/C=C5\SC(=O)NC5=O)nn34)cc2Cl)CC1. The molecule has 1 N–H and O–H groups in total. The molecule has 3 aromatic rings. The highest BCUT2D eigenvalue weighted by Gasteiger charge is 2.25. The van der Waals surface area contributed by atoms with E-state index in [1.54, 1.807) is 22.9 Å². The molecule has 2 aliphatic heterocycles. The molecule has 33 heavy (non-hydrogen) atoms. The van der Waals surface area contributed by atoms with E-state index in [1.165, 1.54) is 0 Å². The van der Waals surface area contributed by atoms with Crippen LogP contribution in [0.1, 0.15) is 19.5 Å². The molecule has 10 heteroatoms. The second-order valence-electron chi connectivity index (χ2n) is 8.31. The average Bonchev–Trinajstić information content (AvgIpc) is 3.35. The van der Waals surface area contributed by atoms with Gasteiger partial charge in [-0.3, -0.25) is 19.8 Å². The number of nitrogens with one attached hydrogen (secondary N) is 1. The number of anilines is 1. The molecule has 170 valence electrons. The maximum absolute atomic E-state index is 11.9. The smallest absolute Gasteiger partial charge is 0.290 e. The molecular formula is C23H23ClN6O2S.